The van der Waals surface area contributed by atoms with Crippen LogP contribution in [-0.4, -0.2) is 52.1 Å². The van der Waals surface area contributed by atoms with Crippen LogP contribution in [0.3, 0.4) is 0 Å². The van der Waals surface area contributed by atoms with E-state index in [2.05, 4.69) is 53.2 Å². The summed E-state index contributed by atoms with van der Waals surface area (Å²) < 4.78 is 9.07. The number of quaternary nitrogens is 1. The number of nitrogens with zero attached hydrogens (tertiary/aromatic N) is 3. The molecule has 0 aliphatic heterocycles. The number of halogens is 1. The van der Waals surface area contributed by atoms with Crippen molar-refractivity contribution in [3.8, 4) is 0 Å². The first-order valence-corrected chi connectivity index (χ1v) is 9.48. The van der Waals surface area contributed by atoms with Crippen LogP contribution in [0.25, 0.3) is 0 Å². The maximum atomic E-state index is 11.7. The Kier molecular flexibility index (Phi) is 7.73. The van der Waals surface area contributed by atoms with Gasteiger partial charge in [-0.05, 0) is 63.5 Å². The fraction of sp³-hybridized carbons (Fsp3) is 0.765. The Morgan fingerprint density at radius 1 is 1.29 bits per heavy atom. The molecule has 0 aromatic carbocycles. The van der Waals surface area contributed by atoms with E-state index in [-0.39, 0.29) is 0 Å². The number of hydrogen-bond acceptors (Lipinski definition) is 3. The Morgan fingerprint density at radius 3 is 2.38 bits per heavy atom. The third-order valence-electron chi connectivity index (χ3n) is 4.34. The summed E-state index contributed by atoms with van der Waals surface area (Å²) in [4.78, 5) is 11.7. The molecule has 0 saturated carbocycles. The summed E-state index contributed by atoms with van der Waals surface area (Å²) in [6.45, 7) is 17.6. The minimum atomic E-state index is -0.482. The molecule has 1 amide bonds. The lowest BCUT2D eigenvalue weighted by Gasteiger charge is -2.35. The first-order valence-electron chi connectivity index (χ1n) is 8.69. The third-order valence-corrected chi connectivity index (χ3v) is 4.72. The SMILES string of the molecule is CC[N+](CC)(CC)Cc1cc(Br)nn1CCNC(=O)OC(C)(C)C. The van der Waals surface area contributed by atoms with Gasteiger partial charge in [0.1, 0.15) is 16.7 Å². The molecule has 24 heavy (non-hydrogen) atoms. The molecule has 1 N–H and O–H groups in total. The van der Waals surface area contributed by atoms with Crippen molar-refractivity contribution in [2.75, 3.05) is 26.2 Å². The first-order chi connectivity index (χ1) is 11.1. The van der Waals surface area contributed by atoms with Gasteiger partial charge in [-0.3, -0.25) is 4.68 Å². The van der Waals surface area contributed by atoms with Gasteiger partial charge in [0.2, 0.25) is 0 Å². The Morgan fingerprint density at radius 2 is 1.88 bits per heavy atom. The highest BCUT2D eigenvalue weighted by Gasteiger charge is 2.24. The minimum Gasteiger partial charge on any atom is -0.444 e. The van der Waals surface area contributed by atoms with Crippen LogP contribution in [-0.2, 0) is 17.8 Å². The van der Waals surface area contributed by atoms with Crippen LogP contribution in [0.1, 0.15) is 47.2 Å². The van der Waals surface area contributed by atoms with Gasteiger partial charge in [-0.15, -0.1) is 0 Å². The number of nitrogens with one attached hydrogen (secondary N) is 1. The molecule has 6 nitrogen and oxygen atoms in total. The lowest BCUT2D eigenvalue weighted by molar-refractivity contribution is -0.936. The number of rotatable bonds is 8. The zero-order valence-electron chi connectivity index (χ0n) is 15.9. The number of carbonyl (C=O) groups excluding carboxylic acids is 1. The monoisotopic (exact) mass is 403 g/mol. The molecule has 7 heteroatoms. The molecule has 1 aromatic heterocycles. The third kappa shape index (κ3) is 6.43. The molecular formula is C17H32BrN4O2+. The summed E-state index contributed by atoms with van der Waals surface area (Å²) in [5, 5.41) is 7.29. The molecular weight excluding hydrogens is 372 g/mol. The fourth-order valence-electron chi connectivity index (χ4n) is 2.67. The van der Waals surface area contributed by atoms with Crippen molar-refractivity contribution in [3.63, 3.8) is 0 Å². The lowest BCUT2D eigenvalue weighted by Crippen LogP contribution is -2.47. The average molecular weight is 404 g/mol. The number of carbonyl (C=O) groups is 1. The highest BCUT2D eigenvalue weighted by molar-refractivity contribution is 9.10. The van der Waals surface area contributed by atoms with Crippen LogP contribution in [0.5, 0.6) is 0 Å². The summed E-state index contributed by atoms with van der Waals surface area (Å²) in [6.07, 6.45) is -0.393. The quantitative estimate of drug-likeness (QED) is 0.675. The van der Waals surface area contributed by atoms with E-state index in [4.69, 9.17) is 4.74 Å². The fourth-order valence-corrected chi connectivity index (χ4v) is 3.12. The van der Waals surface area contributed by atoms with Gasteiger partial charge in [-0.2, -0.15) is 5.10 Å². The van der Waals surface area contributed by atoms with E-state index in [0.717, 1.165) is 35.3 Å². The van der Waals surface area contributed by atoms with E-state index in [1.165, 1.54) is 5.69 Å². The minimum absolute atomic E-state index is 0.393. The van der Waals surface area contributed by atoms with Crippen molar-refractivity contribution in [2.45, 2.75) is 60.2 Å². The van der Waals surface area contributed by atoms with Crippen LogP contribution in [0.15, 0.2) is 10.7 Å². The number of hydrogen-bond donors (Lipinski definition) is 1. The smallest absolute Gasteiger partial charge is 0.407 e. The molecule has 0 bridgehead atoms. The molecule has 0 atom stereocenters. The van der Waals surface area contributed by atoms with E-state index in [0.29, 0.717) is 13.1 Å². The number of amides is 1. The first kappa shape index (κ1) is 21.0. The summed E-state index contributed by atoms with van der Waals surface area (Å²) >= 11 is 3.47. The average Bonchev–Trinajstić information content (AvgIpc) is 2.82. The molecule has 1 rings (SSSR count). The Balaban J connectivity index is 2.68. The molecule has 0 aliphatic carbocycles. The largest absolute Gasteiger partial charge is 0.444 e. The molecule has 138 valence electrons. The second-order valence-electron chi connectivity index (χ2n) is 7.06. The predicted molar refractivity (Wildman–Crippen MR) is 99.8 cm³/mol. The van der Waals surface area contributed by atoms with E-state index >= 15 is 0 Å². The van der Waals surface area contributed by atoms with Crippen molar-refractivity contribution in [1.82, 2.24) is 15.1 Å². The number of aromatic nitrogens is 2. The van der Waals surface area contributed by atoms with Crippen LogP contribution >= 0.6 is 15.9 Å². The second-order valence-corrected chi connectivity index (χ2v) is 7.87. The van der Waals surface area contributed by atoms with Crippen LogP contribution in [0, 0.1) is 0 Å². The van der Waals surface area contributed by atoms with Gasteiger partial charge in [0, 0.05) is 6.54 Å². The number of ether oxygens (including phenoxy) is 1. The highest BCUT2D eigenvalue weighted by Crippen LogP contribution is 2.18. The van der Waals surface area contributed by atoms with Crippen molar-refractivity contribution in [2.24, 2.45) is 0 Å². The summed E-state index contributed by atoms with van der Waals surface area (Å²) in [5.74, 6) is 0. The molecule has 0 spiro atoms. The zero-order chi connectivity index (χ0) is 18.4. The topological polar surface area (TPSA) is 56.2 Å². The van der Waals surface area contributed by atoms with E-state index in [9.17, 15) is 4.79 Å². The van der Waals surface area contributed by atoms with Gasteiger partial charge in [0.15, 0.2) is 0 Å². The van der Waals surface area contributed by atoms with Gasteiger partial charge < -0.3 is 14.5 Å². The van der Waals surface area contributed by atoms with Crippen LogP contribution in [0.4, 0.5) is 4.79 Å². The molecule has 0 saturated heterocycles. The van der Waals surface area contributed by atoms with Gasteiger partial charge in [0.05, 0.1) is 31.9 Å². The summed E-state index contributed by atoms with van der Waals surface area (Å²) in [5.41, 5.74) is 0.697. The van der Waals surface area contributed by atoms with Gasteiger partial charge in [0.25, 0.3) is 0 Å². The summed E-state index contributed by atoms with van der Waals surface area (Å²) in [6, 6.07) is 2.07. The normalized spacial score (nSPS) is 12.3. The maximum Gasteiger partial charge on any atom is 0.407 e. The van der Waals surface area contributed by atoms with Crippen molar-refractivity contribution >= 4 is 22.0 Å². The van der Waals surface area contributed by atoms with E-state index in [1.54, 1.807) is 0 Å². The van der Waals surface area contributed by atoms with Crippen molar-refractivity contribution in [1.29, 1.82) is 0 Å². The molecule has 1 aromatic rings. The molecule has 0 fully saturated rings. The van der Waals surface area contributed by atoms with Crippen LogP contribution < -0.4 is 5.32 Å². The molecule has 1 heterocycles. The van der Waals surface area contributed by atoms with Crippen LogP contribution in [0.2, 0.25) is 0 Å². The molecule has 0 unspecified atom stereocenters. The van der Waals surface area contributed by atoms with Crippen molar-refractivity contribution in [3.05, 3.63) is 16.4 Å². The van der Waals surface area contributed by atoms with Gasteiger partial charge in [-0.1, -0.05) is 0 Å². The lowest BCUT2D eigenvalue weighted by atomic mass is 10.2. The predicted octanol–water partition coefficient (Wildman–Crippen LogP) is 3.55. The molecule has 0 radical (unpaired) electrons. The van der Waals surface area contributed by atoms with E-state index in [1.807, 2.05) is 25.5 Å². The highest BCUT2D eigenvalue weighted by atomic mass is 79.9. The number of alkyl carbamates (subject to hydrolysis) is 1. The Labute approximate surface area is 154 Å². The summed E-state index contributed by atoms with van der Waals surface area (Å²) in [7, 11) is 0. The molecule has 0 aliphatic rings. The van der Waals surface area contributed by atoms with Crippen molar-refractivity contribution < 1.29 is 14.0 Å². The standard InChI is InChI=1S/C17H31BrN4O2/c1-7-22(8-2,9-3)13-14-12-15(18)20-21(14)11-10-19-16(23)24-17(4,5)6/h12H,7-11,13H2,1-6H3/p+1. The maximum absolute atomic E-state index is 11.7. The Bertz CT molecular complexity index is 525. The Hall–Kier alpha value is -1.08. The second kappa shape index (κ2) is 8.85. The zero-order valence-corrected chi connectivity index (χ0v) is 17.4. The van der Waals surface area contributed by atoms with Gasteiger partial charge in [-0.25, -0.2) is 4.79 Å². The van der Waals surface area contributed by atoms with E-state index < -0.39 is 11.7 Å². The van der Waals surface area contributed by atoms with Gasteiger partial charge >= 0.3 is 6.09 Å².